The topological polar surface area (TPSA) is 36.4 Å². The molecule has 1 aliphatic rings. The Morgan fingerprint density at radius 1 is 1.04 bits per heavy atom. The van der Waals surface area contributed by atoms with Crippen LogP contribution in [0.5, 0.6) is 0 Å². The molecule has 1 aromatic heterocycles. The fraction of sp³-hybridized carbons (Fsp3) is 0.222. The van der Waals surface area contributed by atoms with Gasteiger partial charge in [-0.1, -0.05) is 41.4 Å². The van der Waals surface area contributed by atoms with Gasteiger partial charge in [0.2, 0.25) is 5.91 Å². The summed E-state index contributed by atoms with van der Waals surface area (Å²) in [6.07, 6.45) is 5.04. The third-order valence-corrected chi connectivity index (χ3v) is 4.79. The molecule has 0 bridgehead atoms. The summed E-state index contributed by atoms with van der Waals surface area (Å²) in [4.78, 5) is 20.7. The maximum Gasteiger partial charge on any atom is 0.246 e. The van der Waals surface area contributed by atoms with Crippen molar-refractivity contribution in [1.82, 2.24) is 9.88 Å². The van der Waals surface area contributed by atoms with E-state index in [2.05, 4.69) is 9.88 Å². The first kappa shape index (κ1) is 16.8. The first-order chi connectivity index (χ1) is 11.6. The van der Waals surface area contributed by atoms with Gasteiger partial charge in [-0.2, -0.15) is 0 Å². The van der Waals surface area contributed by atoms with Crippen molar-refractivity contribution in [2.24, 2.45) is 0 Å². The number of carbonyl (C=O) groups excluding carboxylic acids is 1. The van der Waals surface area contributed by atoms with Crippen LogP contribution < -0.4 is 4.90 Å². The van der Waals surface area contributed by atoms with Gasteiger partial charge in [0.05, 0.1) is 10.0 Å². The van der Waals surface area contributed by atoms with E-state index in [1.807, 2.05) is 35.2 Å². The van der Waals surface area contributed by atoms with Crippen molar-refractivity contribution in [2.45, 2.75) is 0 Å². The number of aromatic nitrogens is 1. The van der Waals surface area contributed by atoms with Crippen LogP contribution in [0.2, 0.25) is 10.0 Å². The summed E-state index contributed by atoms with van der Waals surface area (Å²) in [6.45, 7) is 2.88. The molecule has 3 rings (SSSR count). The molecule has 0 unspecified atom stereocenters. The van der Waals surface area contributed by atoms with Crippen molar-refractivity contribution in [3.05, 3.63) is 64.3 Å². The van der Waals surface area contributed by atoms with E-state index in [0.717, 1.165) is 24.5 Å². The summed E-state index contributed by atoms with van der Waals surface area (Å²) in [6, 6.07) is 11.2. The number of hydrogen-bond acceptors (Lipinski definition) is 3. The predicted octanol–water partition coefficient (Wildman–Crippen LogP) is 3.75. The Bertz CT molecular complexity index is 741. The zero-order chi connectivity index (χ0) is 16.9. The monoisotopic (exact) mass is 361 g/mol. The molecular weight excluding hydrogens is 345 g/mol. The molecule has 1 aromatic carbocycles. The minimum atomic E-state index is -0.0216. The third-order valence-electron chi connectivity index (χ3n) is 3.95. The predicted molar refractivity (Wildman–Crippen MR) is 98.5 cm³/mol. The van der Waals surface area contributed by atoms with Crippen LogP contribution in [0.1, 0.15) is 5.56 Å². The van der Waals surface area contributed by atoms with Crippen LogP contribution in [-0.2, 0) is 4.79 Å². The lowest BCUT2D eigenvalue weighted by molar-refractivity contribution is -0.126. The van der Waals surface area contributed by atoms with Crippen molar-refractivity contribution in [2.75, 3.05) is 31.1 Å². The number of amides is 1. The molecular formula is C18H17Cl2N3O. The molecule has 0 radical (unpaired) electrons. The normalized spacial score (nSPS) is 15.1. The van der Waals surface area contributed by atoms with Gasteiger partial charge in [0.15, 0.2) is 0 Å². The summed E-state index contributed by atoms with van der Waals surface area (Å²) in [5, 5.41) is 0.943. The Hall–Kier alpha value is -2.04. The fourth-order valence-electron chi connectivity index (χ4n) is 2.61. The smallest absolute Gasteiger partial charge is 0.246 e. The van der Waals surface area contributed by atoms with Gasteiger partial charge in [0, 0.05) is 38.5 Å². The Morgan fingerprint density at radius 3 is 2.54 bits per heavy atom. The summed E-state index contributed by atoms with van der Waals surface area (Å²) < 4.78 is 0. The number of hydrogen-bond donors (Lipinski definition) is 0. The largest absolute Gasteiger partial charge is 0.353 e. The number of rotatable bonds is 3. The number of anilines is 1. The minimum absolute atomic E-state index is 0.0216. The Kier molecular flexibility index (Phi) is 5.38. The van der Waals surface area contributed by atoms with Crippen LogP contribution in [0.4, 0.5) is 5.82 Å². The minimum Gasteiger partial charge on any atom is -0.353 e. The van der Waals surface area contributed by atoms with Crippen LogP contribution in [0.3, 0.4) is 0 Å². The van der Waals surface area contributed by atoms with Gasteiger partial charge in [-0.25, -0.2) is 4.98 Å². The van der Waals surface area contributed by atoms with E-state index in [9.17, 15) is 4.79 Å². The SMILES string of the molecule is O=C(/C=C/c1cccc(Cl)c1Cl)N1CCN(c2ccccn2)CC1. The molecule has 1 saturated heterocycles. The second kappa shape index (κ2) is 7.69. The number of pyridine rings is 1. The molecule has 0 spiro atoms. The van der Waals surface area contributed by atoms with Crippen molar-refractivity contribution in [3.8, 4) is 0 Å². The summed E-state index contributed by atoms with van der Waals surface area (Å²) in [5.41, 5.74) is 0.740. The highest BCUT2D eigenvalue weighted by atomic mass is 35.5. The van der Waals surface area contributed by atoms with Crippen LogP contribution in [0.25, 0.3) is 6.08 Å². The molecule has 24 heavy (non-hydrogen) atoms. The van der Waals surface area contributed by atoms with E-state index in [0.29, 0.717) is 23.1 Å². The van der Waals surface area contributed by atoms with E-state index in [1.54, 1.807) is 24.4 Å². The van der Waals surface area contributed by atoms with Gasteiger partial charge >= 0.3 is 0 Å². The van der Waals surface area contributed by atoms with Gasteiger partial charge in [-0.15, -0.1) is 0 Å². The lowest BCUT2D eigenvalue weighted by Crippen LogP contribution is -2.48. The van der Waals surface area contributed by atoms with Crippen molar-refractivity contribution in [3.63, 3.8) is 0 Å². The number of benzene rings is 1. The zero-order valence-corrected chi connectivity index (χ0v) is 14.5. The molecule has 2 aromatic rings. The highest BCUT2D eigenvalue weighted by Crippen LogP contribution is 2.26. The van der Waals surface area contributed by atoms with E-state index >= 15 is 0 Å². The van der Waals surface area contributed by atoms with Crippen molar-refractivity contribution in [1.29, 1.82) is 0 Å². The highest BCUT2D eigenvalue weighted by molar-refractivity contribution is 6.42. The maximum absolute atomic E-state index is 12.3. The molecule has 0 saturated carbocycles. The molecule has 0 N–H and O–H groups in total. The van der Waals surface area contributed by atoms with E-state index in [-0.39, 0.29) is 5.91 Å². The van der Waals surface area contributed by atoms with Crippen LogP contribution >= 0.6 is 23.2 Å². The molecule has 0 aliphatic carbocycles. The fourth-order valence-corrected chi connectivity index (χ4v) is 2.98. The molecule has 2 heterocycles. The Labute approximate surface area is 151 Å². The van der Waals surface area contributed by atoms with Gasteiger partial charge in [-0.3, -0.25) is 4.79 Å². The first-order valence-corrected chi connectivity index (χ1v) is 8.48. The Morgan fingerprint density at radius 2 is 1.83 bits per heavy atom. The molecule has 4 nitrogen and oxygen atoms in total. The standard InChI is InChI=1S/C18H17Cl2N3O/c19-15-5-3-4-14(18(15)20)7-8-17(24)23-12-10-22(11-13-23)16-6-1-2-9-21-16/h1-9H,10-13H2/b8-7+. The summed E-state index contributed by atoms with van der Waals surface area (Å²) in [5.74, 6) is 0.928. The quantitative estimate of drug-likeness (QED) is 0.781. The number of nitrogens with zero attached hydrogens (tertiary/aromatic N) is 3. The summed E-state index contributed by atoms with van der Waals surface area (Å²) >= 11 is 12.1. The van der Waals surface area contributed by atoms with Crippen LogP contribution in [0, 0.1) is 0 Å². The molecule has 1 aliphatic heterocycles. The van der Waals surface area contributed by atoms with Crippen molar-refractivity contribution >= 4 is 41.0 Å². The third kappa shape index (κ3) is 3.89. The average Bonchev–Trinajstić information content (AvgIpc) is 2.63. The molecule has 0 atom stereocenters. The molecule has 1 amide bonds. The van der Waals surface area contributed by atoms with E-state index < -0.39 is 0 Å². The molecule has 1 fully saturated rings. The lowest BCUT2D eigenvalue weighted by atomic mass is 10.2. The van der Waals surface area contributed by atoms with E-state index in [1.165, 1.54) is 0 Å². The van der Waals surface area contributed by atoms with E-state index in [4.69, 9.17) is 23.2 Å². The second-order valence-corrected chi connectivity index (χ2v) is 6.26. The van der Waals surface area contributed by atoms with Crippen molar-refractivity contribution < 1.29 is 4.79 Å². The molecule has 124 valence electrons. The van der Waals surface area contributed by atoms with Gasteiger partial charge in [-0.05, 0) is 29.8 Å². The lowest BCUT2D eigenvalue weighted by Gasteiger charge is -2.34. The number of carbonyl (C=O) groups is 1. The maximum atomic E-state index is 12.3. The zero-order valence-electron chi connectivity index (χ0n) is 13.0. The molecule has 6 heteroatoms. The second-order valence-electron chi connectivity index (χ2n) is 5.48. The first-order valence-electron chi connectivity index (χ1n) is 7.72. The van der Waals surface area contributed by atoms with Crippen LogP contribution in [-0.4, -0.2) is 42.0 Å². The number of piperazine rings is 1. The highest BCUT2D eigenvalue weighted by Gasteiger charge is 2.20. The van der Waals surface area contributed by atoms with Gasteiger partial charge in [0.25, 0.3) is 0 Å². The summed E-state index contributed by atoms with van der Waals surface area (Å²) in [7, 11) is 0. The average molecular weight is 362 g/mol. The number of halogens is 2. The van der Waals surface area contributed by atoms with Gasteiger partial charge in [0.1, 0.15) is 5.82 Å². The van der Waals surface area contributed by atoms with Gasteiger partial charge < -0.3 is 9.80 Å². The Balaban J connectivity index is 1.59. The van der Waals surface area contributed by atoms with Crippen LogP contribution in [0.15, 0.2) is 48.7 Å².